The number of benzene rings is 2. The molecule has 0 saturated carbocycles. The van der Waals surface area contributed by atoms with Crippen LogP contribution < -0.4 is 10.6 Å². The summed E-state index contributed by atoms with van der Waals surface area (Å²) in [5.74, 6) is 0.544. The van der Waals surface area contributed by atoms with Crippen molar-refractivity contribution in [2.24, 2.45) is 0 Å². The number of nitrogens with zero attached hydrogens (tertiary/aromatic N) is 1. The van der Waals surface area contributed by atoms with Gasteiger partial charge in [-0.3, -0.25) is 0 Å². The standard InChI is InChI=1S/C18H24N2/c1-14(16-8-10-17(19)11-9-16)12-13-20(3)18-7-5-4-6-15(18)2/h4-11,14H,12-13,19H2,1-3H3. The summed E-state index contributed by atoms with van der Waals surface area (Å²) in [5.41, 5.74) is 10.6. The molecule has 2 aromatic carbocycles. The van der Waals surface area contributed by atoms with E-state index in [4.69, 9.17) is 5.73 Å². The first-order chi connectivity index (χ1) is 9.58. The average Bonchev–Trinajstić information content (AvgIpc) is 2.45. The Hall–Kier alpha value is -1.96. The second kappa shape index (κ2) is 6.47. The van der Waals surface area contributed by atoms with Crippen LogP contribution in [0.3, 0.4) is 0 Å². The molecule has 2 heteroatoms. The number of hydrogen-bond donors (Lipinski definition) is 1. The van der Waals surface area contributed by atoms with Gasteiger partial charge in [0.05, 0.1) is 0 Å². The molecule has 0 aliphatic heterocycles. The molecule has 0 aliphatic carbocycles. The van der Waals surface area contributed by atoms with Crippen LogP contribution in [0.2, 0.25) is 0 Å². The maximum absolute atomic E-state index is 5.73. The number of hydrogen-bond acceptors (Lipinski definition) is 2. The lowest BCUT2D eigenvalue weighted by Crippen LogP contribution is -2.20. The van der Waals surface area contributed by atoms with E-state index >= 15 is 0 Å². The predicted molar refractivity (Wildman–Crippen MR) is 88.3 cm³/mol. The van der Waals surface area contributed by atoms with E-state index in [1.54, 1.807) is 0 Å². The molecule has 0 bridgehead atoms. The molecule has 0 fully saturated rings. The van der Waals surface area contributed by atoms with E-state index < -0.39 is 0 Å². The highest BCUT2D eigenvalue weighted by Crippen LogP contribution is 2.23. The van der Waals surface area contributed by atoms with Crippen LogP contribution in [0.25, 0.3) is 0 Å². The van der Waals surface area contributed by atoms with Crippen molar-refractivity contribution in [3.8, 4) is 0 Å². The molecule has 1 atom stereocenters. The third-order valence-corrected chi connectivity index (χ3v) is 3.93. The van der Waals surface area contributed by atoms with E-state index in [9.17, 15) is 0 Å². The van der Waals surface area contributed by atoms with Gasteiger partial charge < -0.3 is 10.6 Å². The summed E-state index contributed by atoms with van der Waals surface area (Å²) >= 11 is 0. The summed E-state index contributed by atoms with van der Waals surface area (Å²) in [6, 6.07) is 16.8. The molecule has 0 amide bonds. The van der Waals surface area contributed by atoms with E-state index in [0.29, 0.717) is 5.92 Å². The molecule has 0 spiro atoms. The Bertz CT molecular complexity index is 546. The fourth-order valence-corrected chi connectivity index (χ4v) is 2.49. The van der Waals surface area contributed by atoms with Gasteiger partial charge in [0.25, 0.3) is 0 Å². The highest BCUT2D eigenvalue weighted by molar-refractivity contribution is 5.52. The molecule has 2 nitrogen and oxygen atoms in total. The van der Waals surface area contributed by atoms with Crippen molar-refractivity contribution in [3.63, 3.8) is 0 Å². The zero-order chi connectivity index (χ0) is 14.5. The Kier molecular flexibility index (Phi) is 4.67. The fraction of sp³-hybridized carbons (Fsp3) is 0.333. The predicted octanol–water partition coefficient (Wildman–Crippen LogP) is 4.21. The summed E-state index contributed by atoms with van der Waals surface area (Å²) in [6.07, 6.45) is 1.13. The van der Waals surface area contributed by atoms with Crippen LogP contribution in [0.4, 0.5) is 11.4 Å². The van der Waals surface area contributed by atoms with Crippen LogP contribution in [0, 0.1) is 6.92 Å². The van der Waals surface area contributed by atoms with E-state index in [0.717, 1.165) is 18.7 Å². The minimum absolute atomic E-state index is 0.544. The fourth-order valence-electron chi connectivity index (χ4n) is 2.49. The maximum atomic E-state index is 5.73. The largest absolute Gasteiger partial charge is 0.399 e. The van der Waals surface area contributed by atoms with E-state index in [2.05, 4.69) is 62.2 Å². The quantitative estimate of drug-likeness (QED) is 0.823. The lowest BCUT2D eigenvalue weighted by Gasteiger charge is -2.23. The van der Waals surface area contributed by atoms with Crippen molar-refractivity contribution < 1.29 is 0 Å². The molecule has 0 aromatic heterocycles. The van der Waals surface area contributed by atoms with Gasteiger partial charge >= 0.3 is 0 Å². The van der Waals surface area contributed by atoms with Gasteiger partial charge in [0.1, 0.15) is 0 Å². The third-order valence-electron chi connectivity index (χ3n) is 3.93. The Morgan fingerprint density at radius 2 is 1.70 bits per heavy atom. The molecule has 106 valence electrons. The smallest absolute Gasteiger partial charge is 0.0393 e. The number of aryl methyl sites for hydroxylation is 1. The molecule has 2 aromatic rings. The molecule has 0 saturated heterocycles. The number of para-hydroxylation sites is 1. The Morgan fingerprint density at radius 1 is 1.05 bits per heavy atom. The van der Waals surface area contributed by atoms with Crippen molar-refractivity contribution in [1.82, 2.24) is 0 Å². The summed E-state index contributed by atoms with van der Waals surface area (Å²) in [6.45, 7) is 5.49. The van der Waals surface area contributed by atoms with Gasteiger partial charge in [0, 0.05) is 25.0 Å². The molecule has 2 N–H and O–H groups in total. The zero-order valence-corrected chi connectivity index (χ0v) is 12.6. The van der Waals surface area contributed by atoms with Crippen molar-refractivity contribution in [2.45, 2.75) is 26.2 Å². The topological polar surface area (TPSA) is 29.3 Å². The first kappa shape index (κ1) is 14.4. The van der Waals surface area contributed by atoms with Gasteiger partial charge in [-0.15, -0.1) is 0 Å². The van der Waals surface area contributed by atoms with Gasteiger partial charge in [0.2, 0.25) is 0 Å². The van der Waals surface area contributed by atoms with E-state index in [1.165, 1.54) is 16.8 Å². The second-order valence-electron chi connectivity index (χ2n) is 5.56. The lowest BCUT2D eigenvalue weighted by atomic mass is 9.97. The van der Waals surface area contributed by atoms with Crippen molar-refractivity contribution in [3.05, 3.63) is 59.7 Å². The summed E-state index contributed by atoms with van der Waals surface area (Å²) in [7, 11) is 2.16. The number of rotatable bonds is 5. The minimum atomic E-state index is 0.544. The van der Waals surface area contributed by atoms with Gasteiger partial charge in [-0.2, -0.15) is 0 Å². The Morgan fingerprint density at radius 3 is 2.35 bits per heavy atom. The molecule has 2 rings (SSSR count). The van der Waals surface area contributed by atoms with Crippen LogP contribution in [0.15, 0.2) is 48.5 Å². The van der Waals surface area contributed by atoms with Crippen molar-refractivity contribution >= 4 is 11.4 Å². The Balaban J connectivity index is 1.95. The summed E-state index contributed by atoms with van der Waals surface area (Å²) < 4.78 is 0. The number of nitrogens with two attached hydrogens (primary N) is 1. The molecule has 20 heavy (non-hydrogen) atoms. The normalized spacial score (nSPS) is 12.2. The molecule has 0 heterocycles. The maximum Gasteiger partial charge on any atom is 0.0393 e. The summed E-state index contributed by atoms with van der Waals surface area (Å²) in [4.78, 5) is 2.34. The lowest BCUT2D eigenvalue weighted by molar-refractivity contribution is 0.670. The average molecular weight is 268 g/mol. The molecule has 0 aliphatic rings. The summed E-state index contributed by atoms with van der Waals surface area (Å²) in [5, 5.41) is 0. The van der Waals surface area contributed by atoms with Gasteiger partial charge in [-0.25, -0.2) is 0 Å². The molecular formula is C18H24N2. The Labute approximate surface area is 122 Å². The molecule has 1 unspecified atom stereocenters. The first-order valence-electron chi connectivity index (χ1n) is 7.20. The van der Waals surface area contributed by atoms with Gasteiger partial charge in [0.15, 0.2) is 0 Å². The van der Waals surface area contributed by atoms with Crippen LogP contribution in [-0.4, -0.2) is 13.6 Å². The van der Waals surface area contributed by atoms with Crippen molar-refractivity contribution in [1.29, 1.82) is 0 Å². The van der Waals surface area contributed by atoms with Gasteiger partial charge in [-0.05, 0) is 48.6 Å². The third kappa shape index (κ3) is 3.53. The SMILES string of the molecule is Cc1ccccc1N(C)CCC(C)c1ccc(N)cc1. The highest BCUT2D eigenvalue weighted by Gasteiger charge is 2.08. The van der Waals surface area contributed by atoms with E-state index in [-0.39, 0.29) is 0 Å². The second-order valence-corrected chi connectivity index (χ2v) is 5.56. The van der Waals surface area contributed by atoms with Crippen LogP contribution in [-0.2, 0) is 0 Å². The van der Waals surface area contributed by atoms with Gasteiger partial charge in [-0.1, -0.05) is 37.3 Å². The monoisotopic (exact) mass is 268 g/mol. The zero-order valence-electron chi connectivity index (χ0n) is 12.6. The molecule has 0 radical (unpaired) electrons. The molecular weight excluding hydrogens is 244 g/mol. The minimum Gasteiger partial charge on any atom is -0.399 e. The number of anilines is 2. The first-order valence-corrected chi connectivity index (χ1v) is 7.20. The van der Waals surface area contributed by atoms with Crippen LogP contribution >= 0.6 is 0 Å². The highest BCUT2D eigenvalue weighted by atomic mass is 15.1. The van der Waals surface area contributed by atoms with Crippen LogP contribution in [0.5, 0.6) is 0 Å². The number of nitrogen functional groups attached to an aromatic ring is 1. The van der Waals surface area contributed by atoms with Crippen LogP contribution in [0.1, 0.15) is 30.4 Å². The van der Waals surface area contributed by atoms with E-state index in [1.807, 2.05) is 12.1 Å². The van der Waals surface area contributed by atoms with Crippen molar-refractivity contribution in [2.75, 3.05) is 24.2 Å².